The molecule has 0 aliphatic heterocycles. The molecule has 0 saturated heterocycles. The summed E-state index contributed by atoms with van der Waals surface area (Å²) in [5, 5.41) is 17.1. The summed E-state index contributed by atoms with van der Waals surface area (Å²) < 4.78 is 6.53. The van der Waals surface area contributed by atoms with Crippen LogP contribution in [0.15, 0.2) is 29.1 Å². The van der Waals surface area contributed by atoms with Crippen LogP contribution in [0.3, 0.4) is 0 Å². The molecule has 6 heteroatoms. The number of hydrogen-bond donors (Lipinski definition) is 2. The largest absolute Gasteiger partial charge is 0.506 e. The van der Waals surface area contributed by atoms with Gasteiger partial charge in [-0.05, 0) is 31.2 Å². The van der Waals surface area contributed by atoms with Crippen molar-refractivity contribution in [3.05, 3.63) is 45.9 Å². The van der Waals surface area contributed by atoms with Gasteiger partial charge in [0.2, 0.25) is 0 Å². The van der Waals surface area contributed by atoms with E-state index in [0.717, 1.165) is 12.1 Å². The van der Waals surface area contributed by atoms with Crippen LogP contribution in [-0.4, -0.2) is 28.5 Å². The van der Waals surface area contributed by atoms with E-state index in [2.05, 4.69) is 10.4 Å². The molecule has 0 aliphatic carbocycles. The summed E-state index contributed by atoms with van der Waals surface area (Å²) in [6.07, 6.45) is 0. The lowest BCUT2D eigenvalue weighted by molar-refractivity contribution is 0.409. The van der Waals surface area contributed by atoms with Crippen LogP contribution in [-0.2, 0) is 6.54 Å². The average molecular weight is 289 g/mol. The fraction of sp³-hybridized carbons (Fsp3) is 0.333. The maximum Gasteiger partial charge on any atom is 0.275 e. The zero-order valence-corrected chi connectivity index (χ0v) is 12.4. The maximum absolute atomic E-state index is 12.1. The zero-order valence-electron chi connectivity index (χ0n) is 12.4. The molecular formula is C15H19N3O3. The van der Waals surface area contributed by atoms with E-state index in [-0.39, 0.29) is 5.75 Å². The van der Waals surface area contributed by atoms with Gasteiger partial charge in [-0.15, -0.1) is 0 Å². The van der Waals surface area contributed by atoms with Gasteiger partial charge in [-0.1, -0.05) is 13.0 Å². The minimum atomic E-state index is -0.406. The molecule has 1 heterocycles. The second-order valence-electron chi connectivity index (χ2n) is 4.68. The Morgan fingerprint density at radius 1 is 1.38 bits per heavy atom. The van der Waals surface area contributed by atoms with E-state index in [0.29, 0.717) is 23.7 Å². The number of hydrogen-bond acceptors (Lipinski definition) is 5. The molecule has 112 valence electrons. The number of benzene rings is 1. The molecule has 1 aromatic heterocycles. The molecule has 0 aliphatic rings. The third kappa shape index (κ3) is 3.22. The normalized spacial score (nSPS) is 10.6. The molecule has 0 amide bonds. The highest BCUT2D eigenvalue weighted by atomic mass is 16.5. The minimum Gasteiger partial charge on any atom is -0.506 e. The zero-order chi connectivity index (χ0) is 15.4. The van der Waals surface area contributed by atoms with Crippen LogP contribution in [0.25, 0.3) is 5.69 Å². The highest BCUT2D eigenvalue weighted by molar-refractivity contribution is 5.48. The van der Waals surface area contributed by atoms with E-state index in [1.165, 1.54) is 10.7 Å². The van der Waals surface area contributed by atoms with Crippen LogP contribution in [0.1, 0.15) is 18.2 Å². The molecule has 2 N–H and O–H groups in total. The molecule has 2 rings (SSSR count). The van der Waals surface area contributed by atoms with Gasteiger partial charge in [0.1, 0.15) is 22.9 Å². The molecule has 0 unspecified atom stereocenters. The lowest BCUT2D eigenvalue weighted by atomic mass is 10.2. The minimum absolute atomic E-state index is 0.108. The molecule has 0 spiro atoms. The van der Waals surface area contributed by atoms with Crippen molar-refractivity contribution < 1.29 is 9.84 Å². The van der Waals surface area contributed by atoms with Gasteiger partial charge in [0.25, 0.3) is 5.56 Å². The molecule has 21 heavy (non-hydrogen) atoms. The topological polar surface area (TPSA) is 76.4 Å². The summed E-state index contributed by atoms with van der Waals surface area (Å²) in [6.45, 7) is 5.01. The predicted octanol–water partition coefficient (Wildman–Crippen LogP) is 1.36. The predicted molar refractivity (Wildman–Crippen MR) is 80.2 cm³/mol. The Hall–Kier alpha value is -2.34. The van der Waals surface area contributed by atoms with Crippen molar-refractivity contribution in [1.29, 1.82) is 0 Å². The van der Waals surface area contributed by atoms with Gasteiger partial charge in [-0.2, -0.15) is 9.78 Å². The first kappa shape index (κ1) is 15.1. The number of ether oxygens (including phenoxy) is 1. The van der Waals surface area contributed by atoms with Crippen LogP contribution < -0.4 is 15.6 Å². The highest BCUT2D eigenvalue weighted by Gasteiger charge is 2.12. The van der Waals surface area contributed by atoms with Crippen molar-refractivity contribution in [3.63, 3.8) is 0 Å². The first-order chi connectivity index (χ1) is 10.1. The number of nitrogens with zero attached hydrogens (tertiary/aromatic N) is 2. The molecule has 0 atom stereocenters. The van der Waals surface area contributed by atoms with Gasteiger partial charge in [0.15, 0.2) is 0 Å². The molecular weight excluding hydrogens is 270 g/mol. The van der Waals surface area contributed by atoms with E-state index in [1.807, 2.05) is 26.0 Å². The number of aromatic nitrogens is 2. The van der Waals surface area contributed by atoms with Crippen LogP contribution in [0.4, 0.5) is 0 Å². The first-order valence-electron chi connectivity index (χ1n) is 6.74. The maximum atomic E-state index is 12.1. The monoisotopic (exact) mass is 289 g/mol. The van der Waals surface area contributed by atoms with E-state index < -0.39 is 5.56 Å². The van der Waals surface area contributed by atoms with Gasteiger partial charge in [0.05, 0.1) is 7.11 Å². The fourth-order valence-electron chi connectivity index (χ4n) is 1.99. The SMILES string of the molecule is CCNCc1nn(-c2cc(C)ccc2OC)c(=O)cc1O. The van der Waals surface area contributed by atoms with Crippen molar-refractivity contribution in [2.45, 2.75) is 20.4 Å². The van der Waals surface area contributed by atoms with Crippen molar-refractivity contribution >= 4 is 0 Å². The Morgan fingerprint density at radius 2 is 2.14 bits per heavy atom. The summed E-state index contributed by atoms with van der Waals surface area (Å²) in [5.74, 6) is 0.444. The van der Waals surface area contributed by atoms with Crippen molar-refractivity contribution in [2.75, 3.05) is 13.7 Å². The standard InChI is InChI=1S/C15H19N3O3/c1-4-16-9-11-13(19)8-15(20)18(17-11)12-7-10(2)5-6-14(12)21-3/h5-8,16,19H,4,9H2,1-3H3. The van der Waals surface area contributed by atoms with Crippen molar-refractivity contribution in [2.24, 2.45) is 0 Å². The number of methoxy groups -OCH3 is 1. The second-order valence-corrected chi connectivity index (χ2v) is 4.68. The number of nitrogens with one attached hydrogen (secondary N) is 1. The van der Waals surface area contributed by atoms with Gasteiger partial charge in [0, 0.05) is 12.6 Å². The van der Waals surface area contributed by atoms with Crippen molar-refractivity contribution in [1.82, 2.24) is 15.1 Å². The van der Waals surface area contributed by atoms with Gasteiger partial charge < -0.3 is 15.2 Å². The molecule has 0 fully saturated rings. The second kappa shape index (κ2) is 6.41. The van der Waals surface area contributed by atoms with Crippen LogP contribution in [0.5, 0.6) is 11.5 Å². The summed E-state index contributed by atoms with van der Waals surface area (Å²) in [7, 11) is 1.54. The number of aromatic hydroxyl groups is 1. The molecule has 0 radical (unpaired) electrons. The Morgan fingerprint density at radius 3 is 2.81 bits per heavy atom. The van der Waals surface area contributed by atoms with Crippen LogP contribution in [0.2, 0.25) is 0 Å². The Bertz CT molecular complexity index is 695. The first-order valence-corrected chi connectivity index (χ1v) is 6.74. The lowest BCUT2D eigenvalue weighted by Gasteiger charge is -2.13. The van der Waals surface area contributed by atoms with E-state index in [9.17, 15) is 9.90 Å². The molecule has 1 aromatic carbocycles. The number of rotatable bonds is 5. The number of aryl methyl sites for hydroxylation is 1. The van der Waals surface area contributed by atoms with Gasteiger partial charge in [-0.3, -0.25) is 4.79 Å². The van der Waals surface area contributed by atoms with Crippen LogP contribution >= 0.6 is 0 Å². The highest BCUT2D eigenvalue weighted by Crippen LogP contribution is 2.23. The molecule has 0 bridgehead atoms. The Labute approximate surface area is 123 Å². The molecule has 6 nitrogen and oxygen atoms in total. The molecule has 0 saturated carbocycles. The fourth-order valence-corrected chi connectivity index (χ4v) is 1.99. The third-order valence-corrected chi connectivity index (χ3v) is 3.09. The van der Waals surface area contributed by atoms with E-state index >= 15 is 0 Å². The molecule has 2 aromatic rings. The quantitative estimate of drug-likeness (QED) is 0.869. The Balaban J connectivity index is 2.58. The summed E-state index contributed by atoms with van der Waals surface area (Å²) in [5.41, 5.74) is 1.55. The van der Waals surface area contributed by atoms with E-state index in [1.54, 1.807) is 13.2 Å². The Kier molecular flexibility index (Phi) is 4.59. The van der Waals surface area contributed by atoms with E-state index in [4.69, 9.17) is 4.74 Å². The van der Waals surface area contributed by atoms with Gasteiger partial charge in [-0.25, -0.2) is 0 Å². The van der Waals surface area contributed by atoms with Crippen LogP contribution in [0, 0.1) is 6.92 Å². The summed E-state index contributed by atoms with van der Waals surface area (Å²) >= 11 is 0. The van der Waals surface area contributed by atoms with Gasteiger partial charge >= 0.3 is 0 Å². The summed E-state index contributed by atoms with van der Waals surface area (Å²) in [4.78, 5) is 12.1. The lowest BCUT2D eigenvalue weighted by Crippen LogP contribution is -2.24. The smallest absolute Gasteiger partial charge is 0.275 e. The van der Waals surface area contributed by atoms with Crippen molar-refractivity contribution in [3.8, 4) is 17.2 Å². The summed E-state index contributed by atoms with van der Waals surface area (Å²) in [6, 6.07) is 6.67. The third-order valence-electron chi connectivity index (χ3n) is 3.09. The average Bonchev–Trinajstić information content (AvgIpc) is 2.46.